The fourth-order valence-corrected chi connectivity index (χ4v) is 1.55. The molecule has 0 unspecified atom stereocenters. The van der Waals surface area contributed by atoms with Gasteiger partial charge in [-0.1, -0.05) is 30.3 Å². The quantitative estimate of drug-likeness (QED) is 0.670. The molecule has 0 fully saturated rings. The van der Waals surface area contributed by atoms with E-state index in [0.717, 1.165) is 5.56 Å². The van der Waals surface area contributed by atoms with E-state index in [2.05, 4.69) is 15.0 Å². The summed E-state index contributed by atoms with van der Waals surface area (Å²) >= 11 is 0. The molecule has 0 bridgehead atoms. The van der Waals surface area contributed by atoms with Crippen LogP contribution in [0, 0.1) is 0 Å². The third-order valence-corrected chi connectivity index (χ3v) is 2.35. The van der Waals surface area contributed by atoms with Crippen LogP contribution in [0.2, 0.25) is 0 Å². The Morgan fingerprint density at radius 3 is 2.41 bits per heavy atom. The van der Waals surface area contributed by atoms with Crippen molar-refractivity contribution in [3.05, 3.63) is 55.1 Å². The highest BCUT2D eigenvalue weighted by molar-refractivity contribution is 5.57. The zero-order valence-corrected chi connectivity index (χ0v) is 8.95. The van der Waals surface area contributed by atoms with E-state index in [-0.39, 0.29) is 0 Å². The van der Waals surface area contributed by atoms with E-state index in [4.69, 9.17) is 4.42 Å². The van der Waals surface area contributed by atoms with Gasteiger partial charge in [0.2, 0.25) is 0 Å². The van der Waals surface area contributed by atoms with Crippen molar-refractivity contribution in [3.63, 3.8) is 0 Å². The van der Waals surface area contributed by atoms with E-state index in [1.165, 1.54) is 6.33 Å². The monoisotopic (exact) mass is 223 g/mol. The molecule has 82 valence electrons. The molecule has 0 radical (unpaired) electrons. The molecule has 0 spiro atoms. The number of nitrogens with zero attached hydrogens (tertiary/aromatic N) is 3. The van der Waals surface area contributed by atoms with Crippen molar-refractivity contribution in [2.24, 2.45) is 0 Å². The summed E-state index contributed by atoms with van der Waals surface area (Å²) in [5, 5.41) is 0. The smallest absolute Gasteiger partial charge is 0.199 e. The highest BCUT2D eigenvalue weighted by Gasteiger charge is 2.07. The first-order valence-corrected chi connectivity index (χ1v) is 5.22. The molecular weight excluding hydrogens is 214 g/mol. The maximum absolute atomic E-state index is 5.26. The van der Waals surface area contributed by atoms with Crippen LogP contribution in [-0.2, 0) is 0 Å². The minimum absolute atomic E-state index is 0.545. The fourth-order valence-electron chi connectivity index (χ4n) is 1.55. The molecule has 4 nitrogen and oxygen atoms in total. The lowest BCUT2D eigenvalue weighted by Gasteiger charge is -2.00. The van der Waals surface area contributed by atoms with Gasteiger partial charge in [0.15, 0.2) is 17.4 Å². The van der Waals surface area contributed by atoms with Crippen LogP contribution >= 0.6 is 0 Å². The average Bonchev–Trinajstić information content (AvgIpc) is 2.94. The minimum atomic E-state index is 0.545. The highest BCUT2D eigenvalue weighted by Crippen LogP contribution is 2.18. The van der Waals surface area contributed by atoms with Crippen LogP contribution in [0.15, 0.2) is 59.5 Å². The molecule has 3 aromatic rings. The van der Waals surface area contributed by atoms with Gasteiger partial charge in [0, 0.05) is 5.56 Å². The molecule has 0 saturated heterocycles. The van der Waals surface area contributed by atoms with Crippen molar-refractivity contribution >= 4 is 0 Å². The van der Waals surface area contributed by atoms with Crippen molar-refractivity contribution in [1.82, 2.24) is 15.0 Å². The lowest BCUT2D eigenvalue weighted by molar-refractivity contribution is 0.577. The summed E-state index contributed by atoms with van der Waals surface area (Å²) in [6.07, 6.45) is 3.09. The SMILES string of the molecule is c1ccc(-c2ncnc(-c3ccco3)n2)cc1. The van der Waals surface area contributed by atoms with E-state index in [1.54, 1.807) is 12.3 Å². The Bertz CT molecular complexity index is 606. The molecule has 3 rings (SSSR count). The Kier molecular flexibility index (Phi) is 2.38. The molecule has 17 heavy (non-hydrogen) atoms. The Labute approximate surface area is 98.0 Å². The Morgan fingerprint density at radius 2 is 1.65 bits per heavy atom. The maximum atomic E-state index is 5.26. The molecule has 0 aliphatic rings. The second-order valence-corrected chi connectivity index (χ2v) is 3.48. The summed E-state index contributed by atoms with van der Waals surface area (Å²) < 4.78 is 5.26. The molecule has 0 N–H and O–H groups in total. The molecule has 0 saturated carbocycles. The van der Waals surface area contributed by atoms with Crippen LogP contribution < -0.4 is 0 Å². The normalized spacial score (nSPS) is 10.4. The lowest BCUT2D eigenvalue weighted by Crippen LogP contribution is -1.93. The second-order valence-electron chi connectivity index (χ2n) is 3.48. The van der Waals surface area contributed by atoms with E-state index in [1.807, 2.05) is 36.4 Å². The summed E-state index contributed by atoms with van der Waals surface area (Å²) in [4.78, 5) is 12.6. The first kappa shape index (κ1) is 9.72. The Hall–Kier alpha value is -2.49. The summed E-state index contributed by atoms with van der Waals surface area (Å²) in [7, 11) is 0. The lowest BCUT2D eigenvalue weighted by atomic mass is 10.2. The minimum Gasteiger partial charge on any atom is -0.461 e. The Morgan fingerprint density at radius 1 is 0.824 bits per heavy atom. The number of aromatic nitrogens is 3. The van der Waals surface area contributed by atoms with Crippen LogP contribution in [0.3, 0.4) is 0 Å². The summed E-state index contributed by atoms with van der Waals surface area (Å²) in [6.45, 7) is 0. The van der Waals surface area contributed by atoms with Gasteiger partial charge in [-0.15, -0.1) is 0 Å². The number of hydrogen-bond acceptors (Lipinski definition) is 4. The molecule has 4 heteroatoms. The molecule has 0 aliphatic heterocycles. The third kappa shape index (κ3) is 1.92. The highest BCUT2D eigenvalue weighted by atomic mass is 16.3. The number of benzene rings is 1. The first-order valence-electron chi connectivity index (χ1n) is 5.22. The molecule has 2 aromatic heterocycles. The Balaban J connectivity index is 2.06. The van der Waals surface area contributed by atoms with Crippen molar-refractivity contribution in [3.8, 4) is 23.0 Å². The van der Waals surface area contributed by atoms with E-state index in [0.29, 0.717) is 17.4 Å². The van der Waals surface area contributed by atoms with E-state index in [9.17, 15) is 0 Å². The summed E-state index contributed by atoms with van der Waals surface area (Å²) in [6, 6.07) is 13.4. The van der Waals surface area contributed by atoms with Gasteiger partial charge in [-0.25, -0.2) is 15.0 Å². The first-order chi connectivity index (χ1) is 8.43. The zero-order valence-electron chi connectivity index (χ0n) is 8.95. The maximum Gasteiger partial charge on any atom is 0.199 e. The van der Waals surface area contributed by atoms with Gasteiger partial charge in [-0.2, -0.15) is 0 Å². The van der Waals surface area contributed by atoms with Crippen molar-refractivity contribution in [2.75, 3.05) is 0 Å². The van der Waals surface area contributed by atoms with Gasteiger partial charge in [-0.3, -0.25) is 0 Å². The van der Waals surface area contributed by atoms with Gasteiger partial charge in [-0.05, 0) is 12.1 Å². The zero-order chi connectivity index (χ0) is 11.5. The molecule has 0 amide bonds. The summed E-state index contributed by atoms with van der Waals surface area (Å²) in [5.74, 6) is 1.83. The average molecular weight is 223 g/mol. The van der Waals surface area contributed by atoms with Gasteiger partial charge < -0.3 is 4.42 Å². The van der Waals surface area contributed by atoms with Crippen molar-refractivity contribution < 1.29 is 4.42 Å². The predicted molar refractivity (Wildman–Crippen MR) is 63.0 cm³/mol. The number of furan rings is 1. The van der Waals surface area contributed by atoms with Crippen molar-refractivity contribution in [1.29, 1.82) is 0 Å². The topological polar surface area (TPSA) is 51.8 Å². The van der Waals surface area contributed by atoms with Gasteiger partial charge in [0.25, 0.3) is 0 Å². The number of hydrogen-bond donors (Lipinski definition) is 0. The van der Waals surface area contributed by atoms with Gasteiger partial charge >= 0.3 is 0 Å². The second kappa shape index (κ2) is 4.17. The molecule has 0 atom stereocenters. The van der Waals surface area contributed by atoms with Crippen LogP contribution in [0.1, 0.15) is 0 Å². The summed E-state index contributed by atoms with van der Waals surface area (Å²) in [5.41, 5.74) is 0.961. The van der Waals surface area contributed by atoms with Crippen LogP contribution in [-0.4, -0.2) is 15.0 Å². The van der Waals surface area contributed by atoms with Crippen LogP contribution in [0.5, 0.6) is 0 Å². The molecule has 0 aliphatic carbocycles. The van der Waals surface area contributed by atoms with E-state index >= 15 is 0 Å². The van der Waals surface area contributed by atoms with Gasteiger partial charge in [0.1, 0.15) is 6.33 Å². The van der Waals surface area contributed by atoms with Crippen molar-refractivity contribution in [2.45, 2.75) is 0 Å². The van der Waals surface area contributed by atoms with E-state index < -0.39 is 0 Å². The fraction of sp³-hybridized carbons (Fsp3) is 0. The predicted octanol–water partition coefficient (Wildman–Crippen LogP) is 2.80. The standard InChI is InChI=1S/C13H9N3O/c1-2-5-10(6-3-1)12-14-9-15-13(16-12)11-7-4-8-17-11/h1-9H. The molecular formula is C13H9N3O. The van der Waals surface area contributed by atoms with Gasteiger partial charge in [0.05, 0.1) is 6.26 Å². The largest absolute Gasteiger partial charge is 0.461 e. The third-order valence-electron chi connectivity index (χ3n) is 2.35. The molecule has 1 aromatic carbocycles. The number of rotatable bonds is 2. The van der Waals surface area contributed by atoms with Crippen LogP contribution in [0.25, 0.3) is 23.0 Å². The van der Waals surface area contributed by atoms with Crippen LogP contribution in [0.4, 0.5) is 0 Å². The molecule has 2 heterocycles.